The summed E-state index contributed by atoms with van der Waals surface area (Å²) in [6, 6.07) is 15.9. The van der Waals surface area contributed by atoms with E-state index in [1.54, 1.807) is 17.8 Å². The van der Waals surface area contributed by atoms with Crippen molar-refractivity contribution in [2.24, 2.45) is 0 Å². The number of aryl methyl sites for hydroxylation is 1. The first-order chi connectivity index (χ1) is 10.6. The molecule has 0 radical (unpaired) electrons. The Kier molecular flexibility index (Phi) is 6.34. The smallest absolute Gasteiger partial charge is 0.253 e. The molecular formula is C18H20ClNOS. The maximum atomic E-state index is 12.4. The van der Waals surface area contributed by atoms with Crippen LogP contribution in [0, 0.1) is 0 Å². The van der Waals surface area contributed by atoms with Gasteiger partial charge in [-0.25, -0.2) is 0 Å². The van der Waals surface area contributed by atoms with Gasteiger partial charge in [0.15, 0.2) is 0 Å². The van der Waals surface area contributed by atoms with Gasteiger partial charge < -0.3 is 5.32 Å². The van der Waals surface area contributed by atoms with Crippen molar-refractivity contribution in [1.29, 1.82) is 0 Å². The van der Waals surface area contributed by atoms with Crippen molar-refractivity contribution < 1.29 is 4.79 Å². The van der Waals surface area contributed by atoms with Gasteiger partial charge in [-0.05, 0) is 49.8 Å². The maximum Gasteiger partial charge on any atom is 0.253 e. The topological polar surface area (TPSA) is 29.1 Å². The normalized spacial score (nSPS) is 12.0. The van der Waals surface area contributed by atoms with Gasteiger partial charge in [-0.3, -0.25) is 4.79 Å². The highest BCUT2D eigenvalue weighted by molar-refractivity contribution is 7.98. The number of rotatable bonds is 6. The Hall–Kier alpha value is -1.45. The minimum Gasteiger partial charge on any atom is -0.350 e. The standard InChI is InChI=1S/C18H20ClNOS/c1-13(8-9-14-6-4-3-5-7-14)20-18(21)16-12-15(22-2)10-11-17(16)19/h3-7,10-13H,8-9H2,1-2H3,(H,20,21). The molecule has 2 aromatic carbocycles. The first-order valence-electron chi connectivity index (χ1n) is 7.28. The Morgan fingerprint density at radius 3 is 2.64 bits per heavy atom. The molecule has 0 saturated heterocycles. The fourth-order valence-electron chi connectivity index (χ4n) is 2.21. The van der Waals surface area contributed by atoms with Gasteiger partial charge in [-0.15, -0.1) is 11.8 Å². The van der Waals surface area contributed by atoms with E-state index in [4.69, 9.17) is 11.6 Å². The molecule has 1 atom stereocenters. The molecule has 0 heterocycles. The third kappa shape index (κ3) is 4.79. The zero-order valence-corrected chi connectivity index (χ0v) is 14.4. The number of amides is 1. The van der Waals surface area contributed by atoms with Crippen LogP contribution in [0.5, 0.6) is 0 Å². The lowest BCUT2D eigenvalue weighted by Crippen LogP contribution is -2.33. The summed E-state index contributed by atoms with van der Waals surface area (Å²) < 4.78 is 0. The van der Waals surface area contributed by atoms with Crippen molar-refractivity contribution in [1.82, 2.24) is 5.32 Å². The molecule has 116 valence electrons. The fourth-order valence-corrected chi connectivity index (χ4v) is 2.85. The first-order valence-corrected chi connectivity index (χ1v) is 8.88. The van der Waals surface area contributed by atoms with Gasteiger partial charge in [-0.1, -0.05) is 41.9 Å². The highest BCUT2D eigenvalue weighted by Crippen LogP contribution is 2.23. The number of carbonyl (C=O) groups excluding carboxylic acids is 1. The monoisotopic (exact) mass is 333 g/mol. The molecule has 0 fully saturated rings. The number of hydrogen-bond donors (Lipinski definition) is 1. The maximum absolute atomic E-state index is 12.4. The molecule has 2 aromatic rings. The largest absolute Gasteiger partial charge is 0.350 e. The predicted octanol–water partition coefficient (Wildman–Crippen LogP) is 4.81. The lowest BCUT2D eigenvalue weighted by Gasteiger charge is -2.15. The van der Waals surface area contributed by atoms with E-state index in [1.165, 1.54) is 5.56 Å². The van der Waals surface area contributed by atoms with Crippen LogP contribution >= 0.6 is 23.4 Å². The SMILES string of the molecule is CSc1ccc(Cl)c(C(=O)NC(C)CCc2ccccc2)c1. The minimum atomic E-state index is -0.110. The summed E-state index contributed by atoms with van der Waals surface area (Å²) in [5.74, 6) is -0.110. The molecule has 0 aromatic heterocycles. The number of benzene rings is 2. The van der Waals surface area contributed by atoms with Crippen LogP contribution in [0.4, 0.5) is 0 Å². The van der Waals surface area contributed by atoms with E-state index in [0.717, 1.165) is 17.7 Å². The Balaban J connectivity index is 1.93. The molecule has 1 unspecified atom stereocenters. The summed E-state index contributed by atoms with van der Waals surface area (Å²) in [7, 11) is 0. The molecule has 0 aliphatic carbocycles. The van der Waals surface area contributed by atoms with Crippen molar-refractivity contribution in [3.63, 3.8) is 0 Å². The zero-order valence-electron chi connectivity index (χ0n) is 12.8. The molecule has 4 heteroatoms. The second-order valence-corrected chi connectivity index (χ2v) is 6.53. The van der Waals surface area contributed by atoms with E-state index in [0.29, 0.717) is 10.6 Å². The highest BCUT2D eigenvalue weighted by atomic mass is 35.5. The van der Waals surface area contributed by atoms with Gasteiger partial charge in [0, 0.05) is 10.9 Å². The van der Waals surface area contributed by atoms with Gasteiger partial charge >= 0.3 is 0 Å². The van der Waals surface area contributed by atoms with E-state index in [9.17, 15) is 4.79 Å². The summed E-state index contributed by atoms with van der Waals surface area (Å²) in [6.07, 6.45) is 3.82. The lowest BCUT2D eigenvalue weighted by atomic mass is 10.1. The van der Waals surface area contributed by atoms with E-state index in [-0.39, 0.29) is 11.9 Å². The predicted molar refractivity (Wildman–Crippen MR) is 94.9 cm³/mol. The van der Waals surface area contributed by atoms with E-state index in [1.807, 2.05) is 43.5 Å². The Morgan fingerprint density at radius 1 is 1.23 bits per heavy atom. The van der Waals surface area contributed by atoms with Crippen LogP contribution in [0.1, 0.15) is 29.3 Å². The number of halogens is 1. The summed E-state index contributed by atoms with van der Waals surface area (Å²) in [6.45, 7) is 2.02. The summed E-state index contributed by atoms with van der Waals surface area (Å²) in [5, 5.41) is 3.52. The van der Waals surface area contributed by atoms with Crippen molar-refractivity contribution in [2.45, 2.75) is 30.7 Å². The molecule has 0 spiro atoms. The van der Waals surface area contributed by atoms with Crippen LogP contribution in [-0.2, 0) is 6.42 Å². The molecule has 22 heavy (non-hydrogen) atoms. The van der Waals surface area contributed by atoms with Crippen LogP contribution in [0.2, 0.25) is 5.02 Å². The van der Waals surface area contributed by atoms with Gasteiger partial charge in [0.2, 0.25) is 0 Å². The molecule has 2 rings (SSSR count). The molecular weight excluding hydrogens is 314 g/mol. The average molecular weight is 334 g/mol. The van der Waals surface area contributed by atoms with Crippen LogP contribution in [0.15, 0.2) is 53.4 Å². The fraction of sp³-hybridized carbons (Fsp3) is 0.278. The van der Waals surface area contributed by atoms with E-state index < -0.39 is 0 Å². The number of hydrogen-bond acceptors (Lipinski definition) is 2. The summed E-state index contributed by atoms with van der Waals surface area (Å²) in [4.78, 5) is 13.4. The quantitative estimate of drug-likeness (QED) is 0.768. The first kappa shape index (κ1) is 16.9. The van der Waals surface area contributed by atoms with Crippen molar-refractivity contribution in [3.05, 3.63) is 64.7 Å². The van der Waals surface area contributed by atoms with Crippen molar-refractivity contribution in [3.8, 4) is 0 Å². The van der Waals surface area contributed by atoms with Gasteiger partial charge in [0.1, 0.15) is 0 Å². The number of nitrogens with one attached hydrogen (secondary N) is 1. The lowest BCUT2D eigenvalue weighted by molar-refractivity contribution is 0.0938. The number of thioether (sulfide) groups is 1. The molecule has 0 saturated carbocycles. The zero-order chi connectivity index (χ0) is 15.9. The summed E-state index contributed by atoms with van der Waals surface area (Å²) in [5.41, 5.74) is 1.83. The van der Waals surface area contributed by atoms with Crippen molar-refractivity contribution in [2.75, 3.05) is 6.26 Å². The molecule has 0 aliphatic rings. The Morgan fingerprint density at radius 2 is 1.95 bits per heavy atom. The second kappa shape index (κ2) is 8.25. The van der Waals surface area contributed by atoms with E-state index in [2.05, 4.69) is 17.4 Å². The average Bonchev–Trinajstić information content (AvgIpc) is 2.54. The molecule has 1 amide bonds. The van der Waals surface area contributed by atoms with Crippen LogP contribution in [0.3, 0.4) is 0 Å². The third-order valence-corrected chi connectivity index (χ3v) is 4.56. The Bertz CT molecular complexity index is 630. The minimum absolute atomic E-state index is 0.0988. The highest BCUT2D eigenvalue weighted by Gasteiger charge is 2.13. The van der Waals surface area contributed by atoms with Gasteiger partial charge in [0.25, 0.3) is 5.91 Å². The second-order valence-electron chi connectivity index (χ2n) is 5.24. The summed E-state index contributed by atoms with van der Waals surface area (Å²) >= 11 is 7.73. The van der Waals surface area contributed by atoms with Gasteiger partial charge in [-0.2, -0.15) is 0 Å². The van der Waals surface area contributed by atoms with Gasteiger partial charge in [0.05, 0.1) is 10.6 Å². The Labute approximate surface area is 141 Å². The van der Waals surface area contributed by atoms with Crippen molar-refractivity contribution >= 4 is 29.3 Å². The van der Waals surface area contributed by atoms with Crippen LogP contribution < -0.4 is 5.32 Å². The van der Waals surface area contributed by atoms with Crippen LogP contribution in [0.25, 0.3) is 0 Å². The van der Waals surface area contributed by atoms with Crippen LogP contribution in [-0.4, -0.2) is 18.2 Å². The van der Waals surface area contributed by atoms with E-state index >= 15 is 0 Å². The number of carbonyl (C=O) groups is 1. The molecule has 0 aliphatic heterocycles. The molecule has 2 nitrogen and oxygen atoms in total. The molecule has 1 N–H and O–H groups in total. The molecule has 0 bridgehead atoms. The third-order valence-electron chi connectivity index (χ3n) is 3.50.